The fraction of sp³-hybridized carbons (Fsp3) is 0.533. The molecule has 0 unspecified atom stereocenters. The van der Waals surface area contributed by atoms with E-state index < -0.39 is 5.92 Å². The Morgan fingerprint density at radius 3 is 2.30 bits per heavy atom. The largest absolute Gasteiger partial charge is 0.338 e. The van der Waals surface area contributed by atoms with Crippen LogP contribution < -0.4 is 0 Å². The third kappa shape index (κ3) is 4.17. The van der Waals surface area contributed by atoms with Crippen LogP contribution >= 0.6 is 11.6 Å². The number of carbonyl (C=O) groups excluding carboxylic acids is 1. The van der Waals surface area contributed by atoms with Crippen LogP contribution in [0.25, 0.3) is 0 Å². The van der Waals surface area contributed by atoms with Crippen LogP contribution in [0.5, 0.6) is 0 Å². The van der Waals surface area contributed by atoms with E-state index in [4.69, 9.17) is 11.6 Å². The van der Waals surface area contributed by atoms with Gasteiger partial charge in [0.2, 0.25) is 0 Å². The van der Waals surface area contributed by atoms with Crippen LogP contribution in [0.4, 0.5) is 8.78 Å². The van der Waals surface area contributed by atoms with Gasteiger partial charge in [-0.1, -0.05) is 25.4 Å². The normalized spacial score (nSPS) is 17.2. The molecule has 112 valence electrons. The summed E-state index contributed by atoms with van der Waals surface area (Å²) in [4.78, 5) is 13.6. The van der Waals surface area contributed by atoms with Gasteiger partial charge in [-0.05, 0) is 30.7 Å². The third-order valence-corrected chi connectivity index (χ3v) is 3.61. The van der Waals surface area contributed by atoms with E-state index in [1.165, 1.54) is 4.90 Å². The van der Waals surface area contributed by atoms with Crippen molar-refractivity contribution in [3.05, 3.63) is 34.3 Å². The highest BCUT2D eigenvalue weighted by molar-refractivity contribution is 6.31. The van der Waals surface area contributed by atoms with E-state index in [0.29, 0.717) is 10.6 Å². The van der Waals surface area contributed by atoms with Gasteiger partial charge < -0.3 is 4.90 Å². The van der Waals surface area contributed by atoms with Gasteiger partial charge >= 0.3 is 0 Å². The van der Waals surface area contributed by atoms with Crippen molar-refractivity contribution in [2.75, 3.05) is 13.1 Å². The summed E-state index contributed by atoms with van der Waals surface area (Å²) < 4.78 is 26.0. The van der Waals surface area contributed by atoms with Crippen molar-refractivity contribution in [1.82, 2.24) is 4.90 Å². The van der Waals surface area contributed by atoms with Crippen molar-refractivity contribution in [3.63, 3.8) is 0 Å². The molecule has 0 atom stereocenters. The van der Waals surface area contributed by atoms with Gasteiger partial charge in [0.25, 0.3) is 11.8 Å². The number of halogens is 3. The van der Waals surface area contributed by atoms with Gasteiger partial charge in [-0.3, -0.25) is 4.79 Å². The first-order chi connectivity index (χ1) is 9.39. The highest BCUT2D eigenvalue weighted by atomic mass is 35.5. The summed E-state index contributed by atoms with van der Waals surface area (Å²) in [5, 5.41) is 0.594. The van der Waals surface area contributed by atoms with E-state index >= 15 is 0 Å². The molecule has 0 radical (unpaired) electrons. The minimum atomic E-state index is -2.63. The quantitative estimate of drug-likeness (QED) is 0.745. The first-order valence-corrected chi connectivity index (χ1v) is 7.20. The molecule has 2 nitrogen and oxygen atoms in total. The molecular weight excluding hydrogens is 284 g/mol. The van der Waals surface area contributed by atoms with Gasteiger partial charge in [0.1, 0.15) is 0 Å². The van der Waals surface area contributed by atoms with Crippen LogP contribution in [0.3, 0.4) is 0 Å². The molecular formula is C15H20ClF2NO. The average Bonchev–Trinajstić information content (AvgIpc) is 2.43. The molecule has 1 aromatic rings. The van der Waals surface area contributed by atoms with Crippen molar-refractivity contribution < 1.29 is 13.6 Å². The Kier molecular flexibility index (Phi) is 5.93. The van der Waals surface area contributed by atoms with Crippen LogP contribution in [-0.4, -0.2) is 29.8 Å². The summed E-state index contributed by atoms with van der Waals surface area (Å²) in [6.45, 7) is 6.02. The molecule has 0 aromatic heterocycles. The molecule has 1 amide bonds. The van der Waals surface area contributed by atoms with Crippen molar-refractivity contribution in [3.8, 4) is 0 Å². The first-order valence-electron chi connectivity index (χ1n) is 6.82. The molecule has 1 aromatic carbocycles. The Balaban J connectivity index is 0.000000956. The van der Waals surface area contributed by atoms with Crippen molar-refractivity contribution >= 4 is 17.5 Å². The fourth-order valence-corrected chi connectivity index (χ4v) is 2.11. The molecule has 0 bridgehead atoms. The highest BCUT2D eigenvalue weighted by Crippen LogP contribution is 2.28. The smallest absolute Gasteiger partial charge is 0.253 e. The Hall–Kier alpha value is -1.16. The molecule has 0 spiro atoms. The highest BCUT2D eigenvalue weighted by Gasteiger charge is 2.35. The number of alkyl halides is 2. The molecule has 0 saturated carbocycles. The number of hydrogen-bond donors (Lipinski definition) is 0. The molecule has 1 fully saturated rings. The first kappa shape index (κ1) is 16.9. The Morgan fingerprint density at radius 1 is 1.25 bits per heavy atom. The molecule has 1 saturated heterocycles. The summed E-state index contributed by atoms with van der Waals surface area (Å²) in [5.41, 5.74) is 1.31. The number of rotatable bonds is 1. The number of nitrogens with zero attached hydrogens (tertiary/aromatic N) is 1. The Morgan fingerprint density at radius 2 is 1.80 bits per heavy atom. The van der Waals surface area contributed by atoms with Crippen LogP contribution in [0.1, 0.15) is 42.6 Å². The minimum absolute atomic E-state index is 0.105. The third-order valence-electron chi connectivity index (χ3n) is 3.19. The maximum absolute atomic E-state index is 13.0. The average molecular weight is 304 g/mol. The van der Waals surface area contributed by atoms with Crippen molar-refractivity contribution in [1.29, 1.82) is 0 Å². The zero-order valence-corrected chi connectivity index (χ0v) is 12.8. The zero-order chi connectivity index (χ0) is 15.3. The second kappa shape index (κ2) is 7.02. The predicted molar refractivity (Wildman–Crippen MR) is 77.6 cm³/mol. The number of likely N-dealkylation sites (tertiary alicyclic amines) is 1. The van der Waals surface area contributed by atoms with Crippen LogP contribution in [0.2, 0.25) is 5.02 Å². The molecule has 5 heteroatoms. The molecule has 2 rings (SSSR count). The summed E-state index contributed by atoms with van der Waals surface area (Å²) in [7, 11) is 0. The van der Waals surface area contributed by atoms with Crippen molar-refractivity contribution in [2.24, 2.45) is 0 Å². The van der Waals surface area contributed by atoms with Gasteiger partial charge in [0.05, 0.1) is 0 Å². The molecule has 0 aliphatic carbocycles. The number of aryl methyl sites for hydroxylation is 1. The lowest BCUT2D eigenvalue weighted by molar-refractivity contribution is -0.0494. The second-order valence-electron chi connectivity index (χ2n) is 4.61. The number of carbonyl (C=O) groups is 1. The fourth-order valence-electron chi connectivity index (χ4n) is 2.00. The van der Waals surface area contributed by atoms with Gasteiger partial charge in [-0.2, -0.15) is 0 Å². The summed E-state index contributed by atoms with van der Waals surface area (Å²) >= 11 is 5.88. The summed E-state index contributed by atoms with van der Waals surface area (Å²) in [6, 6.07) is 4.98. The van der Waals surface area contributed by atoms with E-state index in [-0.39, 0.29) is 31.8 Å². The van der Waals surface area contributed by atoms with Crippen LogP contribution in [0.15, 0.2) is 18.2 Å². The maximum Gasteiger partial charge on any atom is 0.253 e. The second-order valence-corrected chi connectivity index (χ2v) is 5.02. The summed E-state index contributed by atoms with van der Waals surface area (Å²) in [6.07, 6.45) is -0.517. The van der Waals surface area contributed by atoms with Gasteiger partial charge in [-0.25, -0.2) is 8.78 Å². The molecule has 0 N–H and O–H groups in total. The summed E-state index contributed by atoms with van der Waals surface area (Å²) in [5.74, 6) is -2.84. The molecule has 1 aliphatic heterocycles. The van der Waals surface area contributed by atoms with Crippen LogP contribution in [-0.2, 0) is 0 Å². The number of piperidine rings is 1. The van der Waals surface area contributed by atoms with Gasteiger partial charge in [-0.15, -0.1) is 0 Å². The number of amides is 1. The Labute approximate surface area is 123 Å². The van der Waals surface area contributed by atoms with E-state index in [1.54, 1.807) is 18.2 Å². The standard InChI is InChI=1S/C13H14ClF2NO.C2H6/c1-9-8-10(2-3-11(9)14)12(18)17-6-4-13(15,16)5-7-17;1-2/h2-3,8H,4-7H2,1H3;1-2H3. The molecule has 1 heterocycles. The van der Waals surface area contributed by atoms with E-state index in [2.05, 4.69) is 0 Å². The van der Waals surface area contributed by atoms with Gasteiger partial charge in [0, 0.05) is 36.5 Å². The Bertz CT molecular complexity index is 467. The lowest BCUT2D eigenvalue weighted by Gasteiger charge is -2.31. The number of hydrogen-bond acceptors (Lipinski definition) is 1. The minimum Gasteiger partial charge on any atom is -0.338 e. The topological polar surface area (TPSA) is 20.3 Å². The lowest BCUT2D eigenvalue weighted by atomic mass is 10.0. The lowest BCUT2D eigenvalue weighted by Crippen LogP contribution is -2.42. The monoisotopic (exact) mass is 303 g/mol. The van der Waals surface area contributed by atoms with E-state index in [9.17, 15) is 13.6 Å². The SMILES string of the molecule is CC.Cc1cc(C(=O)N2CCC(F)(F)CC2)ccc1Cl. The van der Waals surface area contributed by atoms with Crippen molar-refractivity contribution in [2.45, 2.75) is 39.5 Å². The zero-order valence-electron chi connectivity index (χ0n) is 12.0. The number of benzene rings is 1. The molecule has 1 aliphatic rings. The van der Waals surface area contributed by atoms with Crippen LogP contribution in [0, 0.1) is 6.92 Å². The maximum atomic E-state index is 13.0. The van der Waals surface area contributed by atoms with Gasteiger partial charge in [0.15, 0.2) is 0 Å². The van der Waals surface area contributed by atoms with E-state index in [1.807, 2.05) is 20.8 Å². The van der Waals surface area contributed by atoms with E-state index in [0.717, 1.165) is 5.56 Å². The predicted octanol–water partition coefficient (Wildman–Crippen LogP) is 4.55. The molecule has 20 heavy (non-hydrogen) atoms.